The van der Waals surface area contributed by atoms with Gasteiger partial charge in [0.15, 0.2) is 5.16 Å². The molecule has 2 aromatic rings. The summed E-state index contributed by atoms with van der Waals surface area (Å²) in [4.78, 5) is 31.0. The van der Waals surface area contributed by atoms with Gasteiger partial charge in [-0.3, -0.25) is 9.59 Å². The third-order valence-corrected chi connectivity index (χ3v) is 6.18. The molecule has 1 aromatic heterocycles. The molecule has 2 heterocycles. The van der Waals surface area contributed by atoms with Crippen LogP contribution >= 0.6 is 23.4 Å². The number of thioether (sulfide) groups is 1. The van der Waals surface area contributed by atoms with Crippen LogP contribution in [0.5, 0.6) is 0 Å². The zero-order valence-electron chi connectivity index (χ0n) is 16.7. The highest BCUT2D eigenvalue weighted by molar-refractivity contribution is 7.99. The monoisotopic (exact) mass is 439 g/mol. The Hall–Kier alpha value is -1.77. The topological polar surface area (TPSA) is 73.7 Å². The fourth-order valence-corrected chi connectivity index (χ4v) is 4.54. The Labute approximate surface area is 179 Å². The Kier molecular flexibility index (Phi) is 7.80. The number of carbonyl (C=O) groups is 2. The van der Waals surface area contributed by atoms with E-state index in [1.807, 2.05) is 30.0 Å². The average Bonchev–Trinajstić information content (AvgIpc) is 3.07. The van der Waals surface area contributed by atoms with Gasteiger partial charge in [0.05, 0.1) is 35.9 Å². The molecule has 7 nitrogen and oxygen atoms in total. The normalized spacial score (nSPS) is 15.1. The van der Waals surface area contributed by atoms with E-state index in [2.05, 4.69) is 9.55 Å². The minimum atomic E-state index is -0.153. The highest BCUT2D eigenvalue weighted by Crippen LogP contribution is 2.27. The molecule has 1 saturated heterocycles. The number of hydrogen-bond acceptors (Lipinski definition) is 6. The Morgan fingerprint density at radius 1 is 1.31 bits per heavy atom. The first kappa shape index (κ1) is 21.9. The van der Waals surface area contributed by atoms with E-state index in [4.69, 9.17) is 21.1 Å². The number of methoxy groups -OCH3 is 1. The van der Waals surface area contributed by atoms with Gasteiger partial charge in [-0.2, -0.15) is 0 Å². The van der Waals surface area contributed by atoms with Crippen LogP contribution in [0.25, 0.3) is 11.0 Å². The standard InChI is InChI=1S/C20H26ClN3O4S/c1-3-28-19(26)14-6-8-23(9-7-14)18(25)13-29-20-22-16-12-15(21)4-5-17(16)24(20)10-11-27-2/h4-5,12,14H,3,6-11,13H2,1-2H3. The highest BCUT2D eigenvalue weighted by Gasteiger charge is 2.28. The van der Waals surface area contributed by atoms with E-state index in [-0.39, 0.29) is 17.8 Å². The van der Waals surface area contributed by atoms with Crippen LogP contribution in [-0.4, -0.2) is 65.5 Å². The van der Waals surface area contributed by atoms with Gasteiger partial charge >= 0.3 is 5.97 Å². The molecule has 0 spiro atoms. The van der Waals surface area contributed by atoms with Gasteiger partial charge in [-0.25, -0.2) is 4.98 Å². The molecule has 3 rings (SSSR count). The van der Waals surface area contributed by atoms with Crippen molar-refractivity contribution in [1.29, 1.82) is 0 Å². The lowest BCUT2D eigenvalue weighted by Crippen LogP contribution is -2.41. The van der Waals surface area contributed by atoms with E-state index in [1.54, 1.807) is 7.11 Å². The molecule has 0 aliphatic carbocycles. The molecule has 0 radical (unpaired) electrons. The molecule has 0 unspecified atom stereocenters. The first-order chi connectivity index (χ1) is 14.0. The quantitative estimate of drug-likeness (QED) is 0.464. The van der Waals surface area contributed by atoms with E-state index in [9.17, 15) is 9.59 Å². The zero-order chi connectivity index (χ0) is 20.8. The van der Waals surface area contributed by atoms with Gasteiger partial charge in [-0.1, -0.05) is 23.4 Å². The van der Waals surface area contributed by atoms with E-state index in [0.717, 1.165) is 16.2 Å². The molecule has 1 aliphatic rings. The SMILES string of the molecule is CCOC(=O)C1CCN(C(=O)CSc2nc3cc(Cl)ccc3n2CCOC)CC1. The lowest BCUT2D eigenvalue weighted by atomic mass is 9.97. The maximum absolute atomic E-state index is 12.7. The molecule has 29 heavy (non-hydrogen) atoms. The largest absolute Gasteiger partial charge is 0.466 e. The lowest BCUT2D eigenvalue weighted by Gasteiger charge is -2.30. The van der Waals surface area contributed by atoms with Crippen LogP contribution < -0.4 is 0 Å². The Morgan fingerprint density at radius 2 is 2.07 bits per heavy atom. The van der Waals surface area contributed by atoms with E-state index in [0.29, 0.717) is 56.5 Å². The van der Waals surface area contributed by atoms with Crippen molar-refractivity contribution < 1.29 is 19.1 Å². The van der Waals surface area contributed by atoms with E-state index >= 15 is 0 Å². The van der Waals surface area contributed by atoms with Crippen molar-refractivity contribution in [3.05, 3.63) is 23.2 Å². The fraction of sp³-hybridized carbons (Fsp3) is 0.550. The number of amides is 1. The summed E-state index contributed by atoms with van der Waals surface area (Å²) in [7, 11) is 1.66. The summed E-state index contributed by atoms with van der Waals surface area (Å²) in [5.74, 6) is 0.100. The van der Waals surface area contributed by atoms with Crippen molar-refractivity contribution in [3.63, 3.8) is 0 Å². The maximum atomic E-state index is 12.7. The van der Waals surface area contributed by atoms with E-state index < -0.39 is 0 Å². The molecule has 1 aromatic carbocycles. The minimum absolute atomic E-state index is 0.0562. The first-order valence-electron chi connectivity index (χ1n) is 9.75. The Bertz CT molecular complexity index is 865. The van der Waals surface area contributed by atoms with Crippen LogP contribution in [-0.2, 0) is 25.6 Å². The number of benzene rings is 1. The highest BCUT2D eigenvalue weighted by atomic mass is 35.5. The second kappa shape index (κ2) is 10.3. The number of likely N-dealkylation sites (tertiary alicyclic amines) is 1. The summed E-state index contributed by atoms with van der Waals surface area (Å²) in [6.07, 6.45) is 1.31. The summed E-state index contributed by atoms with van der Waals surface area (Å²) in [6, 6.07) is 5.60. The summed E-state index contributed by atoms with van der Waals surface area (Å²) < 4.78 is 12.4. The van der Waals surface area contributed by atoms with Crippen molar-refractivity contribution in [3.8, 4) is 0 Å². The molecular weight excluding hydrogens is 414 g/mol. The van der Waals surface area contributed by atoms with Crippen LogP contribution in [0, 0.1) is 5.92 Å². The number of ether oxygens (including phenoxy) is 2. The van der Waals surface area contributed by atoms with Crippen LogP contribution in [0.2, 0.25) is 5.02 Å². The average molecular weight is 440 g/mol. The number of piperidine rings is 1. The predicted molar refractivity (Wildman–Crippen MR) is 113 cm³/mol. The summed E-state index contributed by atoms with van der Waals surface area (Å²) in [5.41, 5.74) is 1.77. The lowest BCUT2D eigenvalue weighted by molar-refractivity contribution is -0.151. The number of aromatic nitrogens is 2. The van der Waals surface area contributed by atoms with Crippen LogP contribution in [0.3, 0.4) is 0 Å². The molecule has 9 heteroatoms. The molecule has 158 valence electrons. The van der Waals surface area contributed by atoms with Gasteiger partial charge in [-0.05, 0) is 38.0 Å². The van der Waals surface area contributed by atoms with Crippen molar-refractivity contribution >= 4 is 46.3 Å². The molecule has 1 amide bonds. The second-order valence-electron chi connectivity index (χ2n) is 6.87. The van der Waals surface area contributed by atoms with E-state index in [1.165, 1.54) is 11.8 Å². The number of halogens is 1. The third kappa shape index (κ3) is 5.43. The van der Waals surface area contributed by atoms with Crippen molar-refractivity contribution in [2.75, 3.05) is 39.2 Å². The number of imidazole rings is 1. The Balaban J connectivity index is 1.61. The van der Waals surface area contributed by atoms with Gasteiger partial charge < -0.3 is 18.9 Å². The number of carbonyl (C=O) groups excluding carboxylic acids is 2. The Morgan fingerprint density at radius 3 is 2.76 bits per heavy atom. The van der Waals surface area contributed by atoms with Crippen molar-refractivity contribution in [1.82, 2.24) is 14.5 Å². The van der Waals surface area contributed by atoms with Crippen LogP contribution in [0.15, 0.2) is 23.4 Å². The molecule has 1 fully saturated rings. The number of rotatable bonds is 8. The van der Waals surface area contributed by atoms with Gasteiger partial charge in [0.2, 0.25) is 5.91 Å². The molecule has 1 aliphatic heterocycles. The van der Waals surface area contributed by atoms with Crippen molar-refractivity contribution in [2.45, 2.75) is 31.5 Å². The summed E-state index contributed by atoms with van der Waals surface area (Å²) in [6.45, 7) is 4.57. The zero-order valence-corrected chi connectivity index (χ0v) is 18.3. The molecule has 0 bridgehead atoms. The predicted octanol–water partition coefficient (Wildman–Crippen LogP) is 3.23. The number of hydrogen-bond donors (Lipinski definition) is 0. The smallest absolute Gasteiger partial charge is 0.309 e. The summed E-state index contributed by atoms with van der Waals surface area (Å²) in [5, 5.41) is 1.40. The van der Waals surface area contributed by atoms with Gasteiger partial charge in [-0.15, -0.1) is 0 Å². The van der Waals surface area contributed by atoms with Gasteiger partial charge in [0.1, 0.15) is 0 Å². The third-order valence-electron chi connectivity index (χ3n) is 4.99. The van der Waals surface area contributed by atoms with Crippen molar-refractivity contribution in [2.24, 2.45) is 5.92 Å². The van der Waals surface area contributed by atoms with Gasteiger partial charge in [0.25, 0.3) is 0 Å². The van der Waals surface area contributed by atoms with Crippen LogP contribution in [0.1, 0.15) is 19.8 Å². The number of nitrogens with zero attached hydrogens (tertiary/aromatic N) is 3. The minimum Gasteiger partial charge on any atom is -0.466 e. The molecule has 0 atom stereocenters. The number of esters is 1. The van der Waals surface area contributed by atoms with Gasteiger partial charge in [0, 0.05) is 31.8 Å². The first-order valence-corrected chi connectivity index (χ1v) is 11.1. The van der Waals surface area contributed by atoms with Crippen LogP contribution in [0.4, 0.5) is 0 Å². The maximum Gasteiger partial charge on any atom is 0.309 e. The fourth-order valence-electron chi connectivity index (χ4n) is 3.43. The molecule has 0 N–H and O–H groups in total. The number of fused-ring (bicyclic) bond motifs is 1. The summed E-state index contributed by atoms with van der Waals surface area (Å²) >= 11 is 7.51. The molecule has 0 saturated carbocycles. The molecular formula is C20H26ClN3O4S. The second-order valence-corrected chi connectivity index (χ2v) is 8.25.